The number of aromatic amines is 1. The molecule has 1 saturated heterocycles. The molecule has 1 aromatic heterocycles. The highest BCUT2D eigenvalue weighted by molar-refractivity contribution is 5.98. The number of fused-ring (bicyclic) bond motifs is 1. The molecule has 2 aromatic rings. The number of H-pyrrole nitrogens is 1. The number of carbonyl (C=O) groups is 1. The number of carbonyl (C=O) groups excluding carboxylic acids is 1. The molecule has 0 bridgehead atoms. The molecule has 2 N–H and O–H groups in total. The summed E-state index contributed by atoms with van der Waals surface area (Å²) in [5, 5.41) is 4.09. The van der Waals surface area contributed by atoms with Crippen LogP contribution in [0.3, 0.4) is 0 Å². The Balaban J connectivity index is 1.62. The Labute approximate surface area is 112 Å². The number of hydrogen-bond acceptors (Lipinski definition) is 2. The molecular weight excluding hydrogens is 240 g/mol. The lowest BCUT2D eigenvalue weighted by atomic mass is 10.0. The summed E-state index contributed by atoms with van der Waals surface area (Å²) in [6.45, 7) is 2.37. The largest absolute Gasteiger partial charge is 0.381 e. The maximum atomic E-state index is 12.1. The van der Waals surface area contributed by atoms with Gasteiger partial charge in [-0.05, 0) is 43.0 Å². The zero-order valence-electron chi connectivity index (χ0n) is 10.8. The zero-order chi connectivity index (χ0) is 13.1. The number of nitrogens with one attached hydrogen (secondary N) is 2. The topological polar surface area (TPSA) is 54.1 Å². The summed E-state index contributed by atoms with van der Waals surface area (Å²) in [5.74, 6) is 0.559. The third kappa shape index (κ3) is 2.79. The van der Waals surface area contributed by atoms with Gasteiger partial charge in [0.05, 0.1) is 0 Å². The molecule has 1 aliphatic heterocycles. The summed E-state index contributed by atoms with van der Waals surface area (Å²) in [4.78, 5) is 15.2. The molecule has 0 atom stereocenters. The SMILES string of the molecule is O=C(NCC1CCOCC1)c1ccc2[nH]ccc2c1. The second kappa shape index (κ2) is 5.45. The average Bonchev–Trinajstić information content (AvgIpc) is 2.93. The smallest absolute Gasteiger partial charge is 0.251 e. The Bertz CT molecular complexity index is 570. The van der Waals surface area contributed by atoms with Crippen molar-refractivity contribution in [3.05, 3.63) is 36.0 Å². The van der Waals surface area contributed by atoms with Crippen molar-refractivity contribution in [3.63, 3.8) is 0 Å². The van der Waals surface area contributed by atoms with Crippen molar-refractivity contribution in [2.45, 2.75) is 12.8 Å². The van der Waals surface area contributed by atoms with E-state index in [1.807, 2.05) is 30.5 Å². The minimum absolute atomic E-state index is 0.00888. The van der Waals surface area contributed by atoms with Gasteiger partial charge in [-0.25, -0.2) is 0 Å². The van der Waals surface area contributed by atoms with Crippen molar-refractivity contribution in [2.75, 3.05) is 19.8 Å². The number of ether oxygens (including phenoxy) is 1. The third-order valence-corrected chi connectivity index (χ3v) is 3.71. The minimum Gasteiger partial charge on any atom is -0.381 e. The molecule has 0 spiro atoms. The van der Waals surface area contributed by atoms with Gasteiger partial charge in [0.25, 0.3) is 5.91 Å². The first-order valence-electron chi connectivity index (χ1n) is 6.76. The van der Waals surface area contributed by atoms with Crippen molar-refractivity contribution < 1.29 is 9.53 Å². The van der Waals surface area contributed by atoms with Crippen LogP contribution in [0.1, 0.15) is 23.2 Å². The fourth-order valence-corrected chi connectivity index (χ4v) is 2.48. The van der Waals surface area contributed by atoms with E-state index in [4.69, 9.17) is 4.74 Å². The second-order valence-electron chi connectivity index (χ2n) is 5.05. The number of amides is 1. The molecule has 100 valence electrons. The highest BCUT2D eigenvalue weighted by Gasteiger charge is 2.15. The van der Waals surface area contributed by atoms with Crippen LogP contribution in [0.4, 0.5) is 0 Å². The maximum Gasteiger partial charge on any atom is 0.251 e. The summed E-state index contributed by atoms with van der Waals surface area (Å²) in [7, 11) is 0. The number of rotatable bonds is 3. The van der Waals surface area contributed by atoms with Crippen molar-refractivity contribution in [2.24, 2.45) is 5.92 Å². The van der Waals surface area contributed by atoms with Crippen LogP contribution in [0, 0.1) is 5.92 Å². The molecule has 1 aromatic carbocycles. The summed E-state index contributed by atoms with van der Waals surface area (Å²) in [6, 6.07) is 7.70. The fourth-order valence-electron chi connectivity index (χ4n) is 2.48. The first kappa shape index (κ1) is 12.2. The van der Waals surface area contributed by atoms with E-state index in [0.29, 0.717) is 5.92 Å². The molecule has 0 radical (unpaired) electrons. The molecule has 4 nitrogen and oxygen atoms in total. The van der Waals surface area contributed by atoms with E-state index in [2.05, 4.69) is 10.3 Å². The van der Waals surface area contributed by atoms with E-state index in [1.165, 1.54) is 0 Å². The van der Waals surface area contributed by atoms with Gasteiger partial charge in [0.2, 0.25) is 0 Å². The average molecular weight is 258 g/mol. The van der Waals surface area contributed by atoms with Crippen LogP contribution < -0.4 is 5.32 Å². The predicted octanol–water partition coefficient (Wildman–Crippen LogP) is 2.32. The van der Waals surface area contributed by atoms with E-state index in [1.54, 1.807) is 0 Å². The molecule has 0 saturated carbocycles. The van der Waals surface area contributed by atoms with Crippen LogP contribution in [-0.4, -0.2) is 30.6 Å². The lowest BCUT2D eigenvalue weighted by Gasteiger charge is -2.22. The van der Waals surface area contributed by atoms with Gasteiger partial charge < -0.3 is 15.0 Å². The Morgan fingerprint density at radius 1 is 1.32 bits per heavy atom. The van der Waals surface area contributed by atoms with E-state index in [0.717, 1.165) is 49.1 Å². The van der Waals surface area contributed by atoms with Crippen molar-refractivity contribution in [1.29, 1.82) is 0 Å². The monoisotopic (exact) mass is 258 g/mol. The van der Waals surface area contributed by atoms with Crippen LogP contribution in [0.2, 0.25) is 0 Å². The molecule has 0 aliphatic carbocycles. The summed E-state index contributed by atoms with van der Waals surface area (Å²) in [6.07, 6.45) is 3.96. The van der Waals surface area contributed by atoms with E-state index in [9.17, 15) is 4.79 Å². The van der Waals surface area contributed by atoms with Crippen molar-refractivity contribution in [3.8, 4) is 0 Å². The maximum absolute atomic E-state index is 12.1. The Kier molecular flexibility index (Phi) is 3.51. The Morgan fingerprint density at radius 3 is 3.00 bits per heavy atom. The van der Waals surface area contributed by atoms with Crippen LogP contribution >= 0.6 is 0 Å². The summed E-state index contributed by atoms with van der Waals surface area (Å²) < 4.78 is 5.31. The number of benzene rings is 1. The highest BCUT2D eigenvalue weighted by Crippen LogP contribution is 2.16. The Morgan fingerprint density at radius 2 is 2.16 bits per heavy atom. The van der Waals surface area contributed by atoms with Gasteiger partial charge in [-0.3, -0.25) is 4.79 Å². The molecule has 4 heteroatoms. The second-order valence-corrected chi connectivity index (χ2v) is 5.05. The first-order chi connectivity index (χ1) is 9.33. The quantitative estimate of drug-likeness (QED) is 0.887. The van der Waals surface area contributed by atoms with Crippen LogP contribution in [0.15, 0.2) is 30.5 Å². The summed E-state index contributed by atoms with van der Waals surface area (Å²) >= 11 is 0. The van der Waals surface area contributed by atoms with E-state index >= 15 is 0 Å². The molecule has 2 heterocycles. The van der Waals surface area contributed by atoms with E-state index < -0.39 is 0 Å². The van der Waals surface area contributed by atoms with Gasteiger partial charge in [-0.2, -0.15) is 0 Å². The lowest BCUT2D eigenvalue weighted by Crippen LogP contribution is -2.32. The number of aromatic nitrogens is 1. The lowest BCUT2D eigenvalue weighted by molar-refractivity contribution is 0.0643. The van der Waals surface area contributed by atoms with Crippen LogP contribution in [-0.2, 0) is 4.74 Å². The normalized spacial score (nSPS) is 16.6. The molecule has 3 rings (SSSR count). The summed E-state index contributed by atoms with van der Waals surface area (Å²) in [5.41, 5.74) is 1.78. The molecule has 1 aliphatic rings. The minimum atomic E-state index is 0.00888. The molecular formula is C15H18N2O2. The van der Waals surface area contributed by atoms with Crippen molar-refractivity contribution in [1.82, 2.24) is 10.3 Å². The van der Waals surface area contributed by atoms with Crippen LogP contribution in [0.5, 0.6) is 0 Å². The molecule has 1 amide bonds. The molecule has 1 fully saturated rings. The standard InChI is InChI=1S/C15H18N2O2/c18-15(17-10-11-4-7-19-8-5-11)13-1-2-14-12(9-13)3-6-16-14/h1-3,6,9,11,16H,4-5,7-8,10H2,(H,17,18). The van der Waals surface area contributed by atoms with Crippen molar-refractivity contribution >= 4 is 16.8 Å². The van der Waals surface area contributed by atoms with Gasteiger partial charge in [0.1, 0.15) is 0 Å². The number of hydrogen-bond donors (Lipinski definition) is 2. The Hall–Kier alpha value is -1.81. The van der Waals surface area contributed by atoms with Gasteiger partial charge >= 0.3 is 0 Å². The fraction of sp³-hybridized carbons (Fsp3) is 0.400. The first-order valence-corrected chi connectivity index (χ1v) is 6.76. The van der Waals surface area contributed by atoms with Gasteiger partial charge in [0.15, 0.2) is 0 Å². The van der Waals surface area contributed by atoms with E-state index in [-0.39, 0.29) is 5.91 Å². The third-order valence-electron chi connectivity index (χ3n) is 3.71. The molecule has 19 heavy (non-hydrogen) atoms. The van der Waals surface area contributed by atoms with Gasteiger partial charge in [-0.1, -0.05) is 0 Å². The van der Waals surface area contributed by atoms with Crippen LogP contribution in [0.25, 0.3) is 10.9 Å². The van der Waals surface area contributed by atoms with Gasteiger partial charge in [0, 0.05) is 42.4 Å². The zero-order valence-corrected chi connectivity index (χ0v) is 10.8. The molecule has 0 unspecified atom stereocenters. The highest BCUT2D eigenvalue weighted by atomic mass is 16.5. The van der Waals surface area contributed by atoms with Gasteiger partial charge in [-0.15, -0.1) is 0 Å². The predicted molar refractivity (Wildman–Crippen MR) is 74.2 cm³/mol.